The molecule has 2 aliphatic heterocycles. The second-order valence-electron chi connectivity index (χ2n) is 7.50. The molecule has 1 aromatic carbocycles. The molecule has 0 atom stereocenters. The summed E-state index contributed by atoms with van der Waals surface area (Å²) in [5.74, 6) is 0.997. The smallest absolute Gasteiger partial charge is 0.488 e. The number of rotatable bonds is 1. The van der Waals surface area contributed by atoms with Gasteiger partial charge in [-0.05, 0) is 76.7 Å². The number of benzene rings is 1. The van der Waals surface area contributed by atoms with E-state index in [1.807, 2.05) is 0 Å². The first-order valence-electron chi connectivity index (χ1n) is 7.92. The number of aryl methyl sites for hydroxylation is 2. The van der Waals surface area contributed by atoms with Gasteiger partial charge in [-0.2, -0.15) is 0 Å². The van der Waals surface area contributed by atoms with Crippen LogP contribution in [0.25, 0.3) is 5.57 Å². The van der Waals surface area contributed by atoms with Gasteiger partial charge in [-0.15, -0.1) is 0 Å². The Morgan fingerprint density at radius 2 is 1.64 bits per heavy atom. The van der Waals surface area contributed by atoms with Gasteiger partial charge in [0.05, 0.1) is 11.2 Å². The van der Waals surface area contributed by atoms with Crippen molar-refractivity contribution in [3.05, 3.63) is 34.3 Å². The van der Waals surface area contributed by atoms with Crippen molar-refractivity contribution in [3.8, 4) is 5.75 Å². The Hall–Kier alpha value is -1.26. The lowest BCUT2D eigenvalue weighted by Crippen LogP contribution is -2.41. The van der Waals surface area contributed by atoms with Crippen LogP contribution in [0.1, 0.15) is 51.3 Å². The van der Waals surface area contributed by atoms with Crippen LogP contribution in [0.2, 0.25) is 0 Å². The fourth-order valence-corrected chi connectivity index (χ4v) is 3.08. The van der Waals surface area contributed by atoms with E-state index < -0.39 is 0 Å². The summed E-state index contributed by atoms with van der Waals surface area (Å²) in [4.78, 5) is 0. The zero-order chi connectivity index (χ0) is 16.3. The molecule has 2 heterocycles. The van der Waals surface area contributed by atoms with Crippen LogP contribution in [0.15, 0.2) is 17.6 Å². The molecule has 22 heavy (non-hydrogen) atoms. The van der Waals surface area contributed by atoms with E-state index in [0.29, 0.717) is 6.61 Å². The average molecular weight is 300 g/mol. The van der Waals surface area contributed by atoms with Crippen molar-refractivity contribution in [1.29, 1.82) is 0 Å². The Morgan fingerprint density at radius 3 is 2.23 bits per heavy atom. The fraction of sp³-hybridized carbons (Fsp3) is 0.556. The van der Waals surface area contributed by atoms with Gasteiger partial charge in [0.15, 0.2) is 0 Å². The van der Waals surface area contributed by atoms with Gasteiger partial charge in [-0.25, -0.2) is 0 Å². The van der Waals surface area contributed by atoms with Crippen molar-refractivity contribution in [3.63, 3.8) is 0 Å². The highest BCUT2D eigenvalue weighted by molar-refractivity contribution is 6.56. The quantitative estimate of drug-likeness (QED) is 0.731. The number of fused-ring (bicyclic) bond motifs is 1. The molecule has 1 fully saturated rings. The van der Waals surface area contributed by atoms with E-state index in [4.69, 9.17) is 14.0 Å². The Kier molecular flexibility index (Phi) is 3.46. The molecular weight excluding hydrogens is 275 g/mol. The minimum Gasteiger partial charge on any atom is -0.488 e. The second-order valence-corrected chi connectivity index (χ2v) is 7.50. The van der Waals surface area contributed by atoms with Crippen LogP contribution in [0.4, 0.5) is 0 Å². The van der Waals surface area contributed by atoms with Crippen LogP contribution in [0.5, 0.6) is 5.75 Å². The summed E-state index contributed by atoms with van der Waals surface area (Å²) in [5.41, 5.74) is 5.30. The molecule has 0 aliphatic carbocycles. The van der Waals surface area contributed by atoms with Gasteiger partial charge < -0.3 is 14.0 Å². The SMILES string of the molecule is C/C(B1OC(C)(C)C(C)(C)O1)=C1\COc2c(C)cc(C)cc21. The monoisotopic (exact) mass is 300 g/mol. The maximum atomic E-state index is 6.18. The van der Waals surface area contributed by atoms with Crippen molar-refractivity contribution in [2.75, 3.05) is 6.61 Å². The third-order valence-electron chi connectivity index (χ3n) is 5.19. The molecule has 0 aromatic heterocycles. The Morgan fingerprint density at radius 1 is 1.05 bits per heavy atom. The van der Waals surface area contributed by atoms with Gasteiger partial charge in [0.2, 0.25) is 0 Å². The molecule has 1 aromatic rings. The van der Waals surface area contributed by atoms with Crippen LogP contribution < -0.4 is 4.74 Å². The summed E-state index contributed by atoms with van der Waals surface area (Å²) in [6, 6.07) is 4.35. The molecule has 2 aliphatic rings. The van der Waals surface area contributed by atoms with E-state index in [9.17, 15) is 0 Å². The van der Waals surface area contributed by atoms with E-state index in [0.717, 1.165) is 11.2 Å². The first-order chi connectivity index (χ1) is 10.1. The lowest BCUT2D eigenvalue weighted by Gasteiger charge is -2.32. The van der Waals surface area contributed by atoms with E-state index in [-0.39, 0.29) is 18.3 Å². The molecule has 0 saturated carbocycles. The first-order valence-corrected chi connectivity index (χ1v) is 7.92. The van der Waals surface area contributed by atoms with Crippen molar-refractivity contribution >= 4 is 12.7 Å². The van der Waals surface area contributed by atoms with Gasteiger partial charge in [-0.1, -0.05) is 6.07 Å². The number of allylic oxidation sites excluding steroid dienone is 1. The molecule has 0 N–H and O–H groups in total. The number of hydrogen-bond acceptors (Lipinski definition) is 3. The highest BCUT2D eigenvalue weighted by atomic mass is 16.7. The molecule has 3 nitrogen and oxygen atoms in total. The average Bonchev–Trinajstić information content (AvgIpc) is 2.88. The first kappa shape index (κ1) is 15.6. The largest absolute Gasteiger partial charge is 0.490 e. The second kappa shape index (κ2) is 4.87. The van der Waals surface area contributed by atoms with Gasteiger partial charge in [0.25, 0.3) is 0 Å². The van der Waals surface area contributed by atoms with Gasteiger partial charge >= 0.3 is 7.12 Å². The Balaban J connectivity index is 2.01. The van der Waals surface area contributed by atoms with E-state index in [1.54, 1.807) is 0 Å². The zero-order valence-corrected chi connectivity index (χ0v) is 14.7. The Bertz CT molecular complexity index is 643. The van der Waals surface area contributed by atoms with E-state index >= 15 is 0 Å². The van der Waals surface area contributed by atoms with Crippen LogP contribution in [-0.4, -0.2) is 24.9 Å². The summed E-state index contributed by atoms with van der Waals surface area (Å²) >= 11 is 0. The molecule has 0 bridgehead atoms. The predicted octanol–water partition coefficient (Wildman–Crippen LogP) is 4.10. The normalized spacial score (nSPS) is 24.2. The highest BCUT2D eigenvalue weighted by Crippen LogP contribution is 2.43. The van der Waals surface area contributed by atoms with Crippen molar-refractivity contribution in [1.82, 2.24) is 0 Å². The molecule has 0 unspecified atom stereocenters. The minimum absolute atomic E-state index is 0.310. The standard InChI is InChI=1S/C18H25BO3/c1-11-8-12(2)16-14(9-11)15(10-20-16)13(3)19-21-17(4,5)18(6,7)22-19/h8-9H,10H2,1-7H3/b15-13-. The van der Waals surface area contributed by atoms with Crippen molar-refractivity contribution in [2.45, 2.75) is 59.7 Å². The molecule has 1 saturated heterocycles. The summed E-state index contributed by atoms with van der Waals surface area (Å²) < 4.78 is 18.3. The van der Waals surface area contributed by atoms with Crippen molar-refractivity contribution in [2.24, 2.45) is 0 Å². The molecular formula is C18H25BO3. The van der Waals surface area contributed by atoms with Gasteiger partial charge in [-0.3, -0.25) is 0 Å². The molecule has 118 valence electrons. The van der Waals surface area contributed by atoms with Gasteiger partial charge in [0, 0.05) is 5.56 Å². The van der Waals surface area contributed by atoms with Crippen LogP contribution in [0, 0.1) is 13.8 Å². The predicted molar refractivity (Wildman–Crippen MR) is 90.1 cm³/mol. The molecule has 0 amide bonds. The third-order valence-corrected chi connectivity index (χ3v) is 5.19. The molecule has 0 radical (unpaired) electrons. The summed E-state index contributed by atoms with van der Waals surface area (Å²) in [5, 5.41) is 0. The lowest BCUT2D eigenvalue weighted by molar-refractivity contribution is 0.00578. The minimum atomic E-state index is -0.315. The fourth-order valence-electron chi connectivity index (χ4n) is 3.08. The zero-order valence-electron chi connectivity index (χ0n) is 14.7. The number of hydrogen-bond donors (Lipinski definition) is 0. The van der Waals surface area contributed by atoms with Crippen LogP contribution in [-0.2, 0) is 9.31 Å². The third kappa shape index (κ3) is 2.29. The summed E-state index contributed by atoms with van der Waals surface area (Å²) in [7, 11) is -0.310. The van der Waals surface area contributed by atoms with Crippen LogP contribution in [0.3, 0.4) is 0 Å². The highest BCUT2D eigenvalue weighted by Gasteiger charge is 2.52. The van der Waals surface area contributed by atoms with E-state index in [2.05, 4.69) is 60.6 Å². The molecule has 3 rings (SSSR count). The molecule has 4 heteroatoms. The topological polar surface area (TPSA) is 27.7 Å². The summed E-state index contributed by atoms with van der Waals surface area (Å²) in [6.45, 7) is 15.2. The maximum absolute atomic E-state index is 6.18. The maximum Gasteiger partial charge on any atom is 0.490 e. The van der Waals surface area contributed by atoms with E-state index in [1.165, 1.54) is 22.3 Å². The van der Waals surface area contributed by atoms with Gasteiger partial charge in [0.1, 0.15) is 12.4 Å². The van der Waals surface area contributed by atoms with Crippen molar-refractivity contribution < 1.29 is 14.0 Å². The van der Waals surface area contributed by atoms with Crippen LogP contribution >= 0.6 is 0 Å². The number of ether oxygens (including phenoxy) is 1. The Labute approximate surface area is 133 Å². The lowest BCUT2D eigenvalue weighted by atomic mass is 9.75. The summed E-state index contributed by atoms with van der Waals surface area (Å²) in [6.07, 6.45) is 0. The molecule has 0 spiro atoms.